The molecule has 0 N–H and O–H groups in total. The molecule has 0 saturated carbocycles. The fourth-order valence-electron chi connectivity index (χ4n) is 3.92. The number of hydrogen-bond donors (Lipinski definition) is 0. The number of hydrogen-bond acceptors (Lipinski definition) is 1. The van der Waals surface area contributed by atoms with Crippen LogP contribution in [0.15, 0.2) is 72.8 Å². The maximum atomic E-state index is 2.37. The van der Waals surface area contributed by atoms with Crippen LogP contribution in [-0.4, -0.2) is 0 Å². The highest BCUT2D eigenvalue weighted by molar-refractivity contribution is 5.76. The number of rotatable bonds is 9. The second-order valence-electron chi connectivity index (χ2n) is 9.26. The second-order valence-corrected chi connectivity index (χ2v) is 9.26. The minimum Gasteiger partial charge on any atom is -0.311 e. The van der Waals surface area contributed by atoms with Gasteiger partial charge in [-0.25, -0.2) is 0 Å². The molecule has 2 unspecified atom stereocenters. The van der Waals surface area contributed by atoms with Crippen molar-refractivity contribution in [2.75, 3.05) is 4.90 Å². The van der Waals surface area contributed by atoms with Gasteiger partial charge in [0.15, 0.2) is 0 Å². The van der Waals surface area contributed by atoms with Crippen LogP contribution in [-0.2, 0) is 6.42 Å². The van der Waals surface area contributed by atoms with Crippen LogP contribution < -0.4 is 4.90 Å². The fraction of sp³-hybridized carbons (Fsp3) is 0.438. The first-order chi connectivity index (χ1) is 16.0. The quantitative estimate of drug-likeness (QED) is 0.318. The van der Waals surface area contributed by atoms with Gasteiger partial charge in [0.05, 0.1) is 0 Å². The zero-order chi connectivity index (χ0) is 24.2. The predicted molar refractivity (Wildman–Crippen MR) is 148 cm³/mol. The third-order valence-corrected chi connectivity index (χ3v) is 6.40. The molecule has 0 radical (unpaired) electrons. The molecule has 3 aromatic carbocycles. The number of benzene rings is 3. The van der Waals surface area contributed by atoms with Crippen molar-refractivity contribution in [2.24, 2.45) is 0 Å². The minimum atomic E-state index is 0.593. The molecule has 1 heteroatoms. The van der Waals surface area contributed by atoms with Crippen LogP contribution in [0.1, 0.15) is 103 Å². The van der Waals surface area contributed by atoms with E-state index < -0.39 is 0 Å². The topological polar surface area (TPSA) is 3.24 Å². The van der Waals surface area contributed by atoms with E-state index >= 15 is 0 Å². The van der Waals surface area contributed by atoms with Crippen molar-refractivity contribution in [1.82, 2.24) is 0 Å². The molecule has 0 aliphatic rings. The third-order valence-electron chi connectivity index (χ3n) is 6.40. The van der Waals surface area contributed by atoms with Crippen LogP contribution in [0.25, 0.3) is 0 Å². The van der Waals surface area contributed by atoms with E-state index in [-0.39, 0.29) is 0 Å². The lowest BCUT2D eigenvalue weighted by molar-refractivity contribution is 0.733. The summed E-state index contributed by atoms with van der Waals surface area (Å²) in [6, 6.07) is 27.3. The Labute approximate surface area is 203 Å². The van der Waals surface area contributed by atoms with Gasteiger partial charge in [-0.05, 0) is 84.2 Å². The van der Waals surface area contributed by atoms with Crippen molar-refractivity contribution < 1.29 is 0 Å². The maximum absolute atomic E-state index is 2.37. The van der Waals surface area contributed by atoms with E-state index in [4.69, 9.17) is 0 Å². The molecule has 1 nitrogen and oxygen atoms in total. The molecule has 2 atom stereocenters. The summed E-state index contributed by atoms with van der Waals surface area (Å²) in [5.74, 6) is 1.19. The Morgan fingerprint density at radius 3 is 1.18 bits per heavy atom. The van der Waals surface area contributed by atoms with E-state index in [1.54, 1.807) is 0 Å². The van der Waals surface area contributed by atoms with E-state index in [0.717, 1.165) is 6.42 Å². The first-order valence-corrected chi connectivity index (χ1v) is 13.1. The normalized spacial score (nSPS) is 12.5. The van der Waals surface area contributed by atoms with Crippen LogP contribution in [0.2, 0.25) is 0 Å². The molecule has 0 fully saturated rings. The molecule has 0 aromatic heterocycles. The molecular weight excluding hydrogens is 398 g/mol. The van der Waals surface area contributed by atoms with Gasteiger partial charge in [0.25, 0.3) is 0 Å². The van der Waals surface area contributed by atoms with Crippen molar-refractivity contribution in [3.05, 3.63) is 89.5 Å². The second kappa shape index (κ2) is 13.9. The molecule has 0 amide bonds. The van der Waals surface area contributed by atoms with Gasteiger partial charge in [-0.15, -0.1) is 0 Å². The molecule has 3 aromatic rings. The van der Waals surface area contributed by atoms with Crippen LogP contribution in [0.4, 0.5) is 17.1 Å². The molecule has 0 saturated heterocycles. The molecule has 178 valence electrons. The smallest absolute Gasteiger partial charge is 0.0461 e. The van der Waals surface area contributed by atoms with Crippen LogP contribution in [0.3, 0.4) is 0 Å². The highest BCUT2D eigenvalue weighted by atomic mass is 15.1. The monoisotopic (exact) mass is 443 g/mol. The van der Waals surface area contributed by atoms with Crippen molar-refractivity contribution in [3.63, 3.8) is 0 Å². The summed E-state index contributed by atoms with van der Waals surface area (Å²) in [5.41, 5.74) is 7.85. The Kier molecular flexibility index (Phi) is 11.2. The lowest BCUT2D eigenvalue weighted by Gasteiger charge is -2.26. The van der Waals surface area contributed by atoms with Gasteiger partial charge in [-0.2, -0.15) is 0 Å². The highest BCUT2D eigenvalue weighted by Crippen LogP contribution is 2.36. The van der Waals surface area contributed by atoms with Crippen molar-refractivity contribution in [3.8, 4) is 0 Å². The van der Waals surface area contributed by atoms with Gasteiger partial charge in [0.2, 0.25) is 0 Å². The Morgan fingerprint density at radius 2 is 0.879 bits per heavy atom. The number of nitrogens with zero attached hydrogens (tertiary/aromatic N) is 1. The number of aryl methyl sites for hydroxylation is 1. The molecule has 0 aliphatic carbocycles. The first kappa shape index (κ1) is 26.7. The van der Waals surface area contributed by atoms with Crippen LogP contribution in [0.5, 0.6) is 0 Å². The Hall–Kier alpha value is -2.54. The Morgan fingerprint density at radius 1 is 0.545 bits per heavy atom. The largest absolute Gasteiger partial charge is 0.311 e. The third kappa shape index (κ3) is 7.49. The molecular formula is C32H45N. The van der Waals surface area contributed by atoms with E-state index in [1.165, 1.54) is 59.4 Å². The lowest BCUT2D eigenvalue weighted by Crippen LogP contribution is -2.10. The minimum absolute atomic E-state index is 0.593. The van der Waals surface area contributed by atoms with Gasteiger partial charge in [-0.3, -0.25) is 0 Å². The number of anilines is 3. The maximum Gasteiger partial charge on any atom is 0.0461 e. The molecule has 3 rings (SSSR count). The molecule has 0 spiro atoms. The summed E-state index contributed by atoms with van der Waals surface area (Å²) < 4.78 is 0. The van der Waals surface area contributed by atoms with Gasteiger partial charge in [0.1, 0.15) is 0 Å². The predicted octanol–water partition coefficient (Wildman–Crippen LogP) is 10.6. The van der Waals surface area contributed by atoms with Gasteiger partial charge in [0, 0.05) is 17.1 Å². The van der Waals surface area contributed by atoms with Gasteiger partial charge < -0.3 is 4.90 Å². The summed E-state index contributed by atoms with van der Waals surface area (Å²) in [4.78, 5) is 2.37. The summed E-state index contributed by atoms with van der Waals surface area (Å²) >= 11 is 0. The summed E-state index contributed by atoms with van der Waals surface area (Å²) in [6.07, 6.45) is 5.89. The molecule has 33 heavy (non-hydrogen) atoms. The summed E-state index contributed by atoms with van der Waals surface area (Å²) in [7, 11) is 0. The van der Waals surface area contributed by atoms with E-state index in [1.807, 2.05) is 0 Å². The lowest BCUT2D eigenvalue weighted by atomic mass is 9.97. The zero-order valence-electron chi connectivity index (χ0n) is 22.1. The zero-order valence-corrected chi connectivity index (χ0v) is 22.1. The average molecular weight is 444 g/mol. The molecule has 0 heterocycles. The van der Waals surface area contributed by atoms with E-state index in [0.29, 0.717) is 11.8 Å². The van der Waals surface area contributed by atoms with Gasteiger partial charge >= 0.3 is 0 Å². The first-order valence-electron chi connectivity index (χ1n) is 13.1. The van der Waals surface area contributed by atoms with E-state index in [9.17, 15) is 0 Å². The van der Waals surface area contributed by atoms with Crippen molar-refractivity contribution in [1.29, 1.82) is 0 Å². The van der Waals surface area contributed by atoms with Crippen LogP contribution in [0, 0.1) is 0 Å². The Balaban J connectivity index is 0.00000122. The summed E-state index contributed by atoms with van der Waals surface area (Å²) in [6.45, 7) is 15.6. The summed E-state index contributed by atoms with van der Waals surface area (Å²) in [5, 5.41) is 0. The van der Waals surface area contributed by atoms with E-state index in [2.05, 4.69) is 126 Å². The van der Waals surface area contributed by atoms with Crippen molar-refractivity contribution in [2.45, 2.75) is 92.4 Å². The molecule has 0 bridgehead atoms. The standard InChI is InChI=1S/C29H37N.C3H8/c1-6-9-24-10-16-27(17-11-24)30(28-18-12-25(13-19-28)22(4)7-2)29-20-14-26(15-21-29)23(5)8-3;1-3-2/h10-23H,6-9H2,1-5H3;3H2,1-2H3. The van der Waals surface area contributed by atoms with Crippen molar-refractivity contribution >= 4 is 17.1 Å². The SMILES string of the molecule is CCC.CCCc1ccc(N(c2ccc(C(C)CC)cc2)c2ccc(C(C)CC)cc2)cc1. The highest BCUT2D eigenvalue weighted by Gasteiger charge is 2.14. The van der Waals surface area contributed by atoms with Crippen LogP contribution >= 0.6 is 0 Å². The molecule has 0 aliphatic heterocycles. The Bertz CT molecular complexity index is 853. The average Bonchev–Trinajstić information content (AvgIpc) is 2.86. The van der Waals surface area contributed by atoms with Gasteiger partial charge in [-0.1, -0.05) is 97.7 Å². The fourth-order valence-corrected chi connectivity index (χ4v) is 3.92.